The molecule has 3 amide bonds. The number of likely N-dealkylation sites (tertiary alicyclic amines) is 2. The van der Waals surface area contributed by atoms with Gasteiger partial charge in [-0.2, -0.15) is 0 Å². The van der Waals surface area contributed by atoms with Gasteiger partial charge in [0.05, 0.1) is 0 Å². The topological polar surface area (TPSA) is 61.9 Å². The molecule has 1 unspecified atom stereocenters. The average Bonchev–Trinajstić information content (AvgIpc) is 3.19. The third kappa shape index (κ3) is 3.72. The van der Waals surface area contributed by atoms with Crippen LogP contribution in [0.5, 0.6) is 0 Å². The monoisotopic (exact) mass is 309 g/mol. The van der Waals surface area contributed by atoms with Crippen LogP contribution < -0.4 is 5.32 Å². The lowest BCUT2D eigenvalue weighted by atomic mass is 10.0. The molecule has 6 nitrogen and oxygen atoms in total. The molecule has 3 heterocycles. The number of hydrogen-bond acceptors (Lipinski definition) is 3. The lowest BCUT2D eigenvalue weighted by Gasteiger charge is -2.36. The third-order valence-electron chi connectivity index (χ3n) is 5.16. The van der Waals surface area contributed by atoms with Crippen LogP contribution in [0.3, 0.4) is 0 Å². The number of hydrogen-bond donors (Lipinski definition) is 1. The summed E-state index contributed by atoms with van der Waals surface area (Å²) in [6.45, 7) is 4.85. The number of urea groups is 1. The summed E-state index contributed by atoms with van der Waals surface area (Å²) in [5, 5.41) is 3.02. The lowest BCUT2D eigenvalue weighted by Crippen LogP contribution is -2.50. The van der Waals surface area contributed by atoms with Gasteiger partial charge in [-0.05, 0) is 38.0 Å². The zero-order valence-electron chi connectivity index (χ0n) is 13.3. The van der Waals surface area contributed by atoms with Crippen molar-refractivity contribution in [2.45, 2.75) is 44.6 Å². The van der Waals surface area contributed by atoms with E-state index in [0.717, 1.165) is 71.5 Å². The number of nitrogens with one attached hydrogen (secondary N) is 1. The highest BCUT2D eigenvalue weighted by Gasteiger charge is 2.31. The van der Waals surface area contributed by atoms with Crippen LogP contribution >= 0.6 is 0 Å². The summed E-state index contributed by atoms with van der Waals surface area (Å²) in [5.41, 5.74) is 0. The number of nitrogens with zero attached hydrogens (tertiary/aromatic N) is 2. The van der Waals surface area contributed by atoms with Crippen molar-refractivity contribution < 1.29 is 14.3 Å². The Morgan fingerprint density at radius 3 is 2.68 bits per heavy atom. The minimum Gasteiger partial charge on any atom is -0.381 e. The number of carbonyl (C=O) groups excluding carboxylic acids is 2. The Kier molecular flexibility index (Phi) is 5.18. The molecule has 0 radical (unpaired) electrons. The van der Waals surface area contributed by atoms with Gasteiger partial charge in [-0.25, -0.2) is 4.79 Å². The second-order valence-electron chi connectivity index (χ2n) is 6.66. The van der Waals surface area contributed by atoms with E-state index in [1.54, 1.807) is 0 Å². The summed E-state index contributed by atoms with van der Waals surface area (Å²) in [5.74, 6) is 0.897. The standard InChI is InChI=1S/C16H27N3O3/c20-15-2-1-8-19(15)14-4-9-18(10-5-14)16(21)17-7-3-13-6-11-22-12-13/h13-14H,1-12H2,(H,17,21). The zero-order valence-corrected chi connectivity index (χ0v) is 13.3. The Labute approximate surface area is 132 Å². The highest BCUT2D eigenvalue weighted by Crippen LogP contribution is 2.22. The summed E-state index contributed by atoms with van der Waals surface area (Å²) in [4.78, 5) is 27.9. The van der Waals surface area contributed by atoms with Crippen molar-refractivity contribution in [1.82, 2.24) is 15.1 Å². The van der Waals surface area contributed by atoms with Crippen molar-refractivity contribution in [3.8, 4) is 0 Å². The van der Waals surface area contributed by atoms with Crippen molar-refractivity contribution in [3.05, 3.63) is 0 Å². The third-order valence-corrected chi connectivity index (χ3v) is 5.16. The molecule has 0 saturated carbocycles. The first-order chi connectivity index (χ1) is 10.7. The molecule has 3 aliphatic heterocycles. The maximum Gasteiger partial charge on any atom is 0.317 e. The van der Waals surface area contributed by atoms with Gasteiger partial charge in [0.25, 0.3) is 0 Å². The molecule has 0 aromatic carbocycles. The summed E-state index contributed by atoms with van der Waals surface area (Å²) >= 11 is 0. The van der Waals surface area contributed by atoms with E-state index in [9.17, 15) is 9.59 Å². The van der Waals surface area contributed by atoms with Crippen molar-refractivity contribution in [2.75, 3.05) is 39.4 Å². The number of ether oxygens (including phenoxy) is 1. The van der Waals surface area contributed by atoms with Gasteiger partial charge in [-0.3, -0.25) is 4.79 Å². The number of piperidine rings is 1. The minimum atomic E-state index is 0.0464. The van der Waals surface area contributed by atoms with Crippen molar-refractivity contribution >= 4 is 11.9 Å². The number of carbonyl (C=O) groups is 2. The summed E-state index contributed by atoms with van der Waals surface area (Å²) in [6, 6.07) is 0.389. The Hall–Kier alpha value is -1.30. The molecule has 1 atom stereocenters. The van der Waals surface area contributed by atoms with E-state index in [2.05, 4.69) is 5.32 Å². The van der Waals surface area contributed by atoms with E-state index in [1.807, 2.05) is 9.80 Å². The molecule has 3 aliphatic rings. The van der Waals surface area contributed by atoms with Gasteiger partial charge in [-0.1, -0.05) is 0 Å². The predicted octanol–water partition coefficient (Wildman–Crippen LogP) is 1.21. The molecule has 0 spiro atoms. The SMILES string of the molecule is O=C(NCCC1CCOC1)N1CCC(N2CCCC2=O)CC1. The van der Waals surface area contributed by atoms with E-state index in [1.165, 1.54) is 0 Å². The maximum absolute atomic E-state index is 12.2. The van der Waals surface area contributed by atoms with Gasteiger partial charge in [0.2, 0.25) is 5.91 Å². The fourth-order valence-corrected chi connectivity index (χ4v) is 3.74. The van der Waals surface area contributed by atoms with Crippen LogP contribution in [0.2, 0.25) is 0 Å². The van der Waals surface area contributed by atoms with Gasteiger partial charge < -0.3 is 19.9 Å². The van der Waals surface area contributed by atoms with Crippen LogP contribution in [0, 0.1) is 5.92 Å². The molecule has 3 rings (SSSR count). The molecule has 0 aliphatic carbocycles. The van der Waals surface area contributed by atoms with Crippen molar-refractivity contribution in [2.24, 2.45) is 5.92 Å². The smallest absolute Gasteiger partial charge is 0.317 e. The molecule has 3 saturated heterocycles. The highest BCUT2D eigenvalue weighted by molar-refractivity contribution is 5.78. The Balaban J connectivity index is 1.35. The molecule has 124 valence electrons. The average molecular weight is 309 g/mol. The molecule has 0 aromatic heterocycles. The minimum absolute atomic E-state index is 0.0464. The maximum atomic E-state index is 12.2. The molecule has 0 bridgehead atoms. The predicted molar refractivity (Wildman–Crippen MR) is 82.5 cm³/mol. The molecular weight excluding hydrogens is 282 g/mol. The van der Waals surface area contributed by atoms with Crippen LogP contribution in [0.1, 0.15) is 38.5 Å². The second-order valence-corrected chi connectivity index (χ2v) is 6.66. The highest BCUT2D eigenvalue weighted by atomic mass is 16.5. The fourth-order valence-electron chi connectivity index (χ4n) is 3.74. The molecule has 0 aromatic rings. The number of amides is 3. The Morgan fingerprint density at radius 1 is 1.23 bits per heavy atom. The fraction of sp³-hybridized carbons (Fsp3) is 0.875. The number of rotatable bonds is 4. The summed E-state index contributed by atoms with van der Waals surface area (Å²) in [6.07, 6.45) is 5.64. The van der Waals surface area contributed by atoms with E-state index < -0.39 is 0 Å². The zero-order chi connectivity index (χ0) is 15.4. The van der Waals surface area contributed by atoms with E-state index in [-0.39, 0.29) is 6.03 Å². The van der Waals surface area contributed by atoms with E-state index >= 15 is 0 Å². The van der Waals surface area contributed by atoms with E-state index in [4.69, 9.17) is 4.74 Å². The molecule has 6 heteroatoms. The normalized spacial score (nSPS) is 26.7. The van der Waals surface area contributed by atoms with Crippen LogP contribution in [0.4, 0.5) is 4.79 Å². The first-order valence-electron chi connectivity index (χ1n) is 8.64. The molecule has 1 N–H and O–H groups in total. The van der Waals surface area contributed by atoms with Gasteiger partial charge in [0, 0.05) is 51.9 Å². The van der Waals surface area contributed by atoms with Gasteiger partial charge >= 0.3 is 6.03 Å². The summed E-state index contributed by atoms with van der Waals surface area (Å²) < 4.78 is 5.34. The van der Waals surface area contributed by atoms with Crippen molar-refractivity contribution in [1.29, 1.82) is 0 Å². The van der Waals surface area contributed by atoms with Gasteiger partial charge in [-0.15, -0.1) is 0 Å². The first kappa shape index (κ1) is 15.6. The Bertz CT molecular complexity index is 401. The van der Waals surface area contributed by atoms with Crippen LogP contribution in [0.25, 0.3) is 0 Å². The van der Waals surface area contributed by atoms with E-state index in [0.29, 0.717) is 24.3 Å². The van der Waals surface area contributed by atoms with Crippen LogP contribution in [-0.4, -0.2) is 67.2 Å². The van der Waals surface area contributed by atoms with Gasteiger partial charge in [0.1, 0.15) is 0 Å². The molecular formula is C16H27N3O3. The van der Waals surface area contributed by atoms with Gasteiger partial charge in [0.15, 0.2) is 0 Å². The lowest BCUT2D eigenvalue weighted by molar-refractivity contribution is -0.130. The van der Waals surface area contributed by atoms with Crippen LogP contribution in [-0.2, 0) is 9.53 Å². The van der Waals surface area contributed by atoms with Crippen molar-refractivity contribution in [3.63, 3.8) is 0 Å². The second kappa shape index (κ2) is 7.31. The summed E-state index contributed by atoms with van der Waals surface area (Å²) in [7, 11) is 0. The van der Waals surface area contributed by atoms with Crippen LogP contribution in [0.15, 0.2) is 0 Å². The molecule has 22 heavy (non-hydrogen) atoms. The largest absolute Gasteiger partial charge is 0.381 e. The molecule has 3 fully saturated rings. The quantitative estimate of drug-likeness (QED) is 0.849. The first-order valence-corrected chi connectivity index (χ1v) is 8.64. The Morgan fingerprint density at radius 2 is 2.05 bits per heavy atom.